The largest absolute Gasteiger partial charge is 0.356 e. The van der Waals surface area contributed by atoms with E-state index in [-0.39, 0.29) is 18.1 Å². The van der Waals surface area contributed by atoms with Crippen LogP contribution in [-0.4, -0.2) is 42.4 Å². The molecule has 2 aromatic rings. The number of hydrogen-bond donors (Lipinski definition) is 1. The van der Waals surface area contributed by atoms with Crippen LogP contribution in [-0.2, 0) is 27.6 Å². The van der Waals surface area contributed by atoms with E-state index in [1.54, 1.807) is 0 Å². The molecule has 0 spiro atoms. The molecule has 0 unspecified atom stereocenters. The van der Waals surface area contributed by atoms with Gasteiger partial charge in [-0.1, -0.05) is 12.1 Å². The van der Waals surface area contributed by atoms with Crippen molar-refractivity contribution in [2.75, 3.05) is 18.6 Å². The average molecular weight is 323 g/mol. The van der Waals surface area contributed by atoms with Crippen LogP contribution >= 0.6 is 0 Å². The van der Waals surface area contributed by atoms with Crippen LogP contribution in [0.25, 0.3) is 11.0 Å². The van der Waals surface area contributed by atoms with Crippen molar-refractivity contribution in [2.45, 2.75) is 26.3 Å². The fraction of sp³-hybridized carbons (Fsp3) is 0.467. The van der Waals surface area contributed by atoms with Crippen molar-refractivity contribution in [1.29, 1.82) is 0 Å². The summed E-state index contributed by atoms with van der Waals surface area (Å²) in [4.78, 5) is 16.2. The van der Waals surface area contributed by atoms with E-state index >= 15 is 0 Å². The number of amides is 1. The van der Waals surface area contributed by atoms with Gasteiger partial charge in [0.25, 0.3) is 0 Å². The number of para-hydroxylation sites is 2. The molecule has 0 aliphatic rings. The van der Waals surface area contributed by atoms with Gasteiger partial charge in [-0.05, 0) is 19.1 Å². The third kappa shape index (κ3) is 4.30. The Morgan fingerprint density at radius 2 is 2.05 bits per heavy atom. The zero-order valence-corrected chi connectivity index (χ0v) is 13.7. The fourth-order valence-corrected chi connectivity index (χ4v) is 2.91. The number of fused-ring (bicyclic) bond motifs is 1. The second-order valence-corrected chi connectivity index (χ2v) is 7.50. The van der Waals surface area contributed by atoms with Crippen molar-refractivity contribution in [1.82, 2.24) is 14.9 Å². The number of carbonyl (C=O) groups is 1. The summed E-state index contributed by atoms with van der Waals surface area (Å²) in [7, 11) is -3.10. The monoisotopic (exact) mass is 323 g/mol. The van der Waals surface area contributed by atoms with E-state index in [1.807, 2.05) is 24.3 Å². The molecule has 1 amide bonds. The highest BCUT2D eigenvalue weighted by Crippen LogP contribution is 2.15. The maximum absolute atomic E-state index is 11.6. The lowest BCUT2D eigenvalue weighted by molar-refractivity contribution is -0.120. The van der Waals surface area contributed by atoms with Crippen molar-refractivity contribution < 1.29 is 13.2 Å². The van der Waals surface area contributed by atoms with E-state index in [9.17, 15) is 13.2 Å². The van der Waals surface area contributed by atoms with Crippen LogP contribution in [0.4, 0.5) is 0 Å². The van der Waals surface area contributed by atoms with Crippen LogP contribution in [0.15, 0.2) is 24.3 Å². The maximum Gasteiger partial charge on any atom is 0.221 e. The third-order valence-corrected chi connectivity index (χ3v) is 4.37. The number of rotatable bonds is 7. The molecular formula is C15H21N3O3S. The van der Waals surface area contributed by atoms with Gasteiger partial charge in [0.2, 0.25) is 5.91 Å². The van der Waals surface area contributed by atoms with E-state index < -0.39 is 9.84 Å². The van der Waals surface area contributed by atoms with E-state index in [0.29, 0.717) is 13.0 Å². The summed E-state index contributed by atoms with van der Waals surface area (Å²) in [5.41, 5.74) is 2.03. The predicted molar refractivity (Wildman–Crippen MR) is 86.4 cm³/mol. The van der Waals surface area contributed by atoms with Crippen LogP contribution in [0.1, 0.15) is 19.2 Å². The van der Waals surface area contributed by atoms with E-state index in [1.165, 1.54) is 0 Å². The van der Waals surface area contributed by atoms with Crippen LogP contribution in [0, 0.1) is 0 Å². The lowest BCUT2D eigenvalue weighted by atomic mass is 10.3. The first kappa shape index (κ1) is 16.5. The molecule has 0 bridgehead atoms. The summed E-state index contributed by atoms with van der Waals surface area (Å²) in [5.74, 6) is 0.559. The Morgan fingerprint density at radius 1 is 1.32 bits per heavy atom. The van der Waals surface area contributed by atoms with Crippen LogP contribution in [0.3, 0.4) is 0 Å². The summed E-state index contributed by atoms with van der Waals surface area (Å²) in [6, 6.07) is 7.93. The van der Waals surface area contributed by atoms with Crippen molar-refractivity contribution in [2.24, 2.45) is 0 Å². The lowest BCUT2D eigenvalue weighted by Crippen LogP contribution is -2.28. The van der Waals surface area contributed by atoms with Crippen LogP contribution in [0.2, 0.25) is 0 Å². The SMILES string of the molecule is CCn1c(CCNC(=O)CCS(C)(=O)=O)nc2ccccc21. The Morgan fingerprint density at radius 3 is 2.73 bits per heavy atom. The number of carbonyl (C=O) groups excluding carboxylic acids is 1. The lowest BCUT2D eigenvalue weighted by Gasteiger charge is -2.07. The Hall–Kier alpha value is -1.89. The smallest absolute Gasteiger partial charge is 0.221 e. The number of aryl methyl sites for hydroxylation is 1. The molecule has 7 heteroatoms. The summed E-state index contributed by atoms with van der Waals surface area (Å²) < 4.78 is 24.2. The third-order valence-electron chi connectivity index (χ3n) is 3.42. The van der Waals surface area contributed by atoms with Gasteiger partial charge in [-0.3, -0.25) is 4.79 Å². The van der Waals surface area contributed by atoms with Gasteiger partial charge < -0.3 is 9.88 Å². The molecule has 0 atom stereocenters. The highest BCUT2D eigenvalue weighted by atomic mass is 32.2. The summed E-state index contributed by atoms with van der Waals surface area (Å²) in [6.45, 7) is 3.33. The molecule has 0 fully saturated rings. The van der Waals surface area contributed by atoms with Gasteiger partial charge >= 0.3 is 0 Å². The minimum absolute atomic E-state index is 0.00300. The molecule has 1 aromatic carbocycles. The number of nitrogens with one attached hydrogen (secondary N) is 1. The highest BCUT2D eigenvalue weighted by Gasteiger charge is 2.10. The van der Waals surface area contributed by atoms with Crippen LogP contribution in [0.5, 0.6) is 0 Å². The molecular weight excluding hydrogens is 302 g/mol. The molecule has 0 saturated carbocycles. The number of nitrogens with zero attached hydrogens (tertiary/aromatic N) is 2. The first-order valence-corrected chi connectivity index (χ1v) is 9.35. The van der Waals surface area contributed by atoms with Crippen molar-refractivity contribution in [3.05, 3.63) is 30.1 Å². The predicted octanol–water partition coefficient (Wildman–Crippen LogP) is 1.15. The Labute approximate surface area is 130 Å². The molecule has 6 nitrogen and oxygen atoms in total. The summed E-state index contributed by atoms with van der Waals surface area (Å²) in [6.07, 6.45) is 1.75. The standard InChI is InChI=1S/C15H21N3O3S/c1-3-18-13-7-5-4-6-12(13)17-14(18)8-10-16-15(19)9-11-22(2,20)21/h4-7H,3,8-11H2,1-2H3,(H,16,19). The molecule has 2 rings (SSSR count). The van der Waals surface area contributed by atoms with Gasteiger partial charge in [0.05, 0.1) is 16.8 Å². The Kier molecular flexibility index (Phi) is 5.18. The quantitative estimate of drug-likeness (QED) is 0.829. The van der Waals surface area contributed by atoms with E-state index in [4.69, 9.17) is 0 Å². The molecule has 120 valence electrons. The molecule has 1 aromatic heterocycles. The van der Waals surface area contributed by atoms with Gasteiger partial charge in [0, 0.05) is 32.2 Å². The second-order valence-electron chi connectivity index (χ2n) is 5.24. The topological polar surface area (TPSA) is 81.1 Å². The van der Waals surface area contributed by atoms with E-state index in [0.717, 1.165) is 29.7 Å². The zero-order chi connectivity index (χ0) is 16.2. The van der Waals surface area contributed by atoms with Gasteiger partial charge in [-0.25, -0.2) is 13.4 Å². The average Bonchev–Trinajstić information content (AvgIpc) is 2.81. The molecule has 0 aliphatic heterocycles. The van der Waals surface area contributed by atoms with Gasteiger partial charge in [0.15, 0.2) is 0 Å². The minimum atomic E-state index is -3.10. The number of aromatic nitrogens is 2. The first-order valence-electron chi connectivity index (χ1n) is 7.29. The van der Waals surface area contributed by atoms with Crippen molar-refractivity contribution in [3.63, 3.8) is 0 Å². The molecule has 22 heavy (non-hydrogen) atoms. The molecule has 1 N–H and O–H groups in total. The highest BCUT2D eigenvalue weighted by molar-refractivity contribution is 7.90. The summed E-state index contributed by atoms with van der Waals surface area (Å²) in [5, 5.41) is 2.74. The van der Waals surface area contributed by atoms with Crippen LogP contribution < -0.4 is 5.32 Å². The van der Waals surface area contributed by atoms with Crippen molar-refractivity contribution >= 4 is 26.8 Å². The zero-order valence-electron chi connectivity index (χ0n) is 12.9. The fourth-order valence-electron chi connectivity index (χ4n) is 2.35. The molecule has 1 heterocycles. The minimum Gasteiger partial charge on any atom is -0.356 e. The summed E-state index contributed by atoms with van der Waals surface area (Å²) >= 11 is 0. The number of sulfone groups is 1. The number of hydrogen-bond acceptors (Lipinski definition) is 4. The van der Waals surface area contributed by atoms with Gasteiger partial charge in [0.1, 0.15) is 15.7 Å². The van der Waals surface area contributed by atoms with Gasteiger partial charge in [-0.15, -0.1) is 0 Å². The van der Waals surface area contributed by atoms with Crippen molar-refractivity contribution in [3.8, 4) is 0 Å². The molecule has 0 saturated heterocycles. The Bertz CT molecular complexity index is 765. The molecule has 0 radical (unpaired) electrons. The maximum atomic E-state index is 11.6. The first-order chi connectivity index (χ1) is 10.4. The molecule has 0 aliphatic carbocycles. The number of imidazole rings is 1. The van der Waals surface area contributed by atoms with E-state index in [2.05, 4.69) is 21.8 Å². The van der Waals surface area contributed by atoms with Gasteiger partial charge in [-0.2, -0.15) is 0 Å². The normalized spacial score (nSPS) is 11.7. The second kappa shape index (κ2) is 6.91. The Balaban J connectivity index is 1.93. The number of benzene rings is 1.